The fourth-order valence-corrected chi connectivity index (χ4v) is 2.64. The summed E-state index contributed by atoms with van der Waals surface area (Å²) in [7, 11) is 0. The van der Waals surface area contributed by atoms with Crippen molar-refractivity contribution < 1.29 is 0 Å². The Morgan fingerprint density at radius 3 is 2.31 bits per heavy atom. The van der Waals surface area contributed by atoms with E-state index in [0.717, 1.165) is 24.3 Å². The molecule has 3 rings (SSSR count). The van der Waals surface area contributed by atoms with Gasteiger partial charge in [0.1, 0.15) is 0 Å². The summed E-state index contributed by atoms with van der Waals surface area (Å²) in [6, 6.07) is 15.0. The molecule has 1 aliphatic rings. The summed E-state index contributed by atoms with van der Waals surface area (Å²) in [4.78, 5) is 0. The van der Waals surface area contributed by atoms with Crippen LogP contribution in [0.5, 0.6) is 0 Å². The Kier molecular flexibility index (Phi) is 2.45. The molecule has 0 unspecified atom stereocenters. The first-order chi connectivity index (χ1) is 7.83. The number of rotatable bonds is 0. The van der Waals surface area contributed by atoms with Crippen LogP contribution in [0.1, 0.15) is 22.3 Å². The van der Waals surface area contributed by atoms with Crippen molar-refractivity contribution in [3.63, 3.8) is 0 Å². The lowest BCUT2D eigenvalue weighted by molar-refractivity contribution is 0.965. The second-order valence-corrected chi connectivity index (χ2v) is 4.79. The molecular weight excluding hydrogens is 216 g/mol. The third-order valence-electron chi connectivity index (χ3n) is 3.33. The van der Waals surface area contributed by atoms with Crippen LogP contribution in [0.3, 0.4) is 0 Å². The van der Waals surface area contributed by atoms with Crippen LogP contribution < -0.4 is 0 Å². The lowest BCUT2D eigenvalue weighted by atomic mass is 10.0. The van der Waals surface area contributed by atoms with Gasteiger partial charge in [-0.2, -0.15) is 0 Å². The molecule has 0 radical (unpaired) electrons. The Labute approximate surface area is 101 Å². The molecule has 0 fully saturated rings. The Bertz CT molecular complexity index is 529. The number of hydrogen-bond acceptors (Lipinski definition) is 0. The standard InChI is InChI=1S/C15H13Cl/c16-15-8-7-13-9-12-4-2-1-3-11(12)5-6-14(13)10-15/h1-4,7-8,10H,5-6,9H2. The summed E-state index contributed by atoms with van der Waals surface area (Å²) in [5.74, 6) is 0. The molecule has 80 valence electrons. The van der Waals surface area contributed by atoms with Crippen molar-refractivity contribution in [2.75, 3.05) is 0 Å². The highest BCUT2D eigenvalue weighted by Gasteiger charge is 2.12. The van der Waals surface area contributed by atoms with Crippen molar-refractivity contribution in [3.05, 3.63) is 69.7 Å². The second-order valence-electron chi connectivity index (χ2n) is 4.36. The van der Waals surface area contributed by atoms with Crippen molar-refractivity contribution in [3.8, 4) is 0 Å². The van der Waals surface area contributed by atoms with Crippen LogP contribution in [-0.2, 0) is 19.3 Å². The van der Waals surface area contributed by atoms with E-state index in [1.165, 1.54) is 22.3 Å². The smallest absolute Gasteiger partial charge is 0.0408 e. The van der Waals surface area contributed by atoms with E-state index < -0.39 is 0 Å². The van der Waals surface area contributed by atoms with E-state index in [2.05, 4.69) is 36.4 Å². The Morgan fingerprint density at radius 2 is 1.44 bits per heavy atom. The molecule has 0 heterocycles. The highest BCUT2D eigenvalue weighted by molar-refractivity contribution is 6.30. The first-order valence-corrected chi connectivity index (χ1v) is 6.05. The molecular formula is C15H13Cl. The minimum atomic E-state index is 0.852. The molecule has 0 saturated heterocycles. The molecule has 0 aromatic heterocycles. The molecule has 0 saturated carbocycles. The highest BCUT2D eigenvalue weighted by Crippen LogP contribution is 2.26. The van der Waals surface area contributed by atoms with Crippen LogP contribution in [0, 0.1) is 0 Å². The van der Waals surface area contributed by atoms with Gasteiger partial charge in [-0.1, -0.05) is 41.9 Å². The highest BCUT2D eigenvalue weighted by atomic mass is 35.5. The van der Waals surface area contributed by atoms with Gasteiger partial charge in [0.25, 0.3) is 0 Å². The number of halogens is 1. The van der Waals surface area contributed by atoms with Crippen molar-refractivity contribution in [1.29, 1.82) is 0 Å². The van der Waals surface area contributed by atoms with Crippen molar-refractivity contribution in [1.82, 2.24) is 0 Å². The Hall–Kier alpha value is -1.27. The lowest BCUT2D eigenvalue weighted by Crippen LogP contribution is -1.91. The van der Waals surface area contributed by atoms with Gasteiger partial charge < -0.3 is 0 Å². The average Bonchev–Trinajstić information content (AvgIpc) is 2.48. The van der Waals surface area contributed by atoms with Gasteiger partial charge in [0.15, 0.2) is 0 Å². The fourth-order valence-electron chi connectivity index (χ4n) is 2.45. The summed E-state index contributed by atoms with van der Waals surface area (Å²) >= 11 is 6.04. The number of fused-ring (bicyclic) bond motifs is 2. The molecule has 0 spiro atoms. The predicted octanol–water partition coefficient (Wildman–Crippen LogP) is 4.03. The lowest BCUT2D eigenvalue weighted by Gasteiger charge is -2.05. The molecule has 0 amide bonds. The van der Waals surface area contributed by atoms with Crippen molar-refractivity contribution in [2.45, 2.75) is 19.3 Å². The topological polar surface area (TPSA) is 0 Å². The Balaban J connectivity index is 2.08. The van der Waals surface area contributed by atoms with Gasteiger partial charge in [0.05, 0.1) is 0 Å². The summed E-state index contributed by atoms with van der Waals surface area (Å²) in [6.45, 7) is 0. The number of benzene rings is 2. The van der Waals surface area contributed by atoms with E-state index >= 15 is 0 Å². The molecule has 2 aromatic rings. The normalized spacial score (nSPS) is 13.8. The third-order valence-corrected chi connectivity index (χ3v) is 3.57. The van der Waals surface area contributed by atoms with Crippen LogP contribution >= 0.6 is 11.6 Å². The van der Waals surface area contributed by atoms with Gasteiger partial charge in [0.2, 0.25) is 0 Å². The molecule has 16 heavy (non-hydrogen) atoms. The molecule has 0 nitrogen and oxygen atoms in total. The largest absolute Gasteiger partial charge is 0.0843 e. The monoisotopic (exact) mass is 228 g/mol. The van der Waals surface area contributed by atoms with E-state index in [-0.39, 0.29) is 0 Å². The first-order valence-electron chi connectivity index (χ1n) is 5.67. The number of aryl methyl sites for hydroxylation is 2. The van der Waals surface area contributed by atoms with Crippen LogP contribution in [0.25, 0.3) is 0 Å². The van der Waals surface area contributed by atoms with Gasteiger partial charge in [-0.25, -0.2) is 0 Å². The predicted molar refractivity (Wildman–Crippen MR) is 68.1 cm³/mol. The van der Waals surface area contributed by atoms with Crippen LogP contribution in [-0.4, -0.2) is 0 Å². The van der Waals surface area contributed by atoms with E-state index in [1.54, 1.807) is 0 Å². The van der Waals surface area contributed by atoms with Crippen molar-refractivity contribution in [2.24, 2.45) is 0 Å². The molecule has 2 aromatic carbocycles. The summed E-state index contributed by atoms with van der Waals surface area (Å²) in [5, 5.41) is 0.852. The van der Waals surface area contributed by atoms with E-state index in [4.69, 9.17) is 11.6 Å². The maximum absolute atomic E-state index is 6.04. The van der Waals surface area contributed by atoms with Gasteiger partial charge in [-0.15, -0.1) is 0 Å². The zero-order valence-corrected chi connectivity index (χ0v) is 9.80. The molecule has 0 atom stereocenters. The SMILES string of the molecule is Clc1ccc2c(c1)CCc1ccccc1C2. The van der Waals surface area contributed by atoms with Crippen LogP contribution in [0.15, 0.2) is 42.5 Å². The van der Waals surface area contributed by atoms with Gasteiger partial charge in [0, 0.05) is 5.02 Å². The maximum atomic E-state index is 6.04. The second kappa shape index (κ2) is 3.95. The van der Waals surface area contributed by atoms with Gasteiger partial charge in [-0.05, 0) is 53.6 Å². The molecule has 0 aliphatic heterocycles. The third kappa shape index (κ3) is 1.74. The molecule has 1 heteroatoms. The minimum Gasteiger partial charge on any atom is -0.0843 e. The average molecular weight is 229 g/mol. The molecule has 0 N–H and O–H groups in total. The van der Waals surface area contributed by atoms with E-state index in [9.17, 15) is 0 Å². The molecule has 0 bridgehead atoms. The van der Waals surface area contributed by atoms with Gasteiger partial charge >= 0.3 is 0 Å². The summed E-state index contributed by atoms with van der Waals surface area (Å²) in [5.41, 5.74) is 5.77. The van der Waals surface area contributed by atoms with Crippen LogP contribution in [0.2, 0.25) is 5.02 Å². The zero-order chi connectivity index (χ0) is 11.0. The first kappa shape index (κ1) is 9.92. The maximum Gasteiger partial charge on any atom is 0.0408 e. The van der Waals surface area contributed by atoms with E-state index in [0.29, 0.717) is 0 Å². The fraction of sp³-hybridized carbons (Fsp3) is 0.200. The summed E-state index contributed by atoms with van der Waals surface area (Å²) in [6.07, 6.45) is 3.28. The Morgan fingerprint density at radius 1 is 0.750 bits per heavy atom. The molecule has 1 aliphatic carbocycles. The van der Waals surface area contributed by atoms with Crippen molar-refractivity contribution >= 4 is 11.6 Å². The zero-order valence-electron chi connectivity index (χ0n) is 9.04. The summed E-state index contributed by atoms with van der Waals surface area (Å²) < 4.78 is 0. The van der Waals surface area contributed by atoms with Crippen LogP contribution in [0.4, 0.5) is 0 Å². The quantitative estimate of drug-likeness (QED) is 0.639. The number of hydrogen-bond donors (Lipinski definition) is 0. The minimum absolute atomic E-state index is 0.852. The van der Waals surface area contributed by atoms with Gasteiger partial charge in [-0.3, -0.25) is 0 Å². The van der Waals surface area contributed by atoms with E-state index in [1.807, 2.05) is 6.07 Å².